The molecule has 102 valence electrons. The normalized spacial score (nSPS) is 29.7. The molecule has 1 rings (SSSR count). The van der Waals surface area contributed by atoms with E-state index in [0.717, 1.165) is 32.1 Å². The van der Waals surface area contributed by atoms with Gasteiger partial charge in [-0.3, -0.25) is 0 Å². The minimum atomic E-state index is -3.08. The van der Waals surface area contributed by atoms with Crippen molar-refractivity contribution in [3.63, 3.8) is 0 Å². The van der Waals surface area contributed by atoms with Gasteiger partial charge in [0.15, 0.2) is 9.84 Å². The number of sulfone groups is 1. The molecule has 0 aromatic heterocycles. The number of rotatable bonds is 3. The summed E-state index contributed by atoms with van der Waals surface area (Å²) in [6, 6.07) is -0.165. The summed E-state index contributed by atoms with van der Waals surface area (Å²) in [5, 5.41) is -0.599. The zero-order chi connectivity index (χ0) is 13.1. The second-order valence-electron chi connectivity index (χ2n) is 5.73. The molecule has 0 amide bonds. The average Bonchev–Trinajstić information content (AvgIpc) is 2.22. The largest absolute Gasteiger partial charge is 0.327 e. The van der Waals surface area contributed by atoms with Crippen LogP contribution in [0.15, 0.2) is 0 Å². The lowest BCUT2D eigenvalue weighted by Gasteiger charge is -2.30. The predicted molar refractivity (Wildman–Crippen MR) is 72.7 cm³/mol. The van der Waals surface area contributed by atoms with Crippen molar-refractivity contribution in [2.75, 3.05) is 0 Å². The highest BCUT2D eigenvalue weighted by Crippen LogP contribution is 2.26. The Balaban J connectivity index is 2.86. The lowest BCUT2D eigenvalue weighted by atomic mass is 9.97. The SMILES string of the molecule is CC(C)C(C)S(=O)(=O)C1CCCCCCC1N. The quantitative estimate of drug-likeness (QED) is 0.849. The molecule has 0 spiro atoms. The van der Waals surface area contributed by atoms with Crippen molar-refractivity contribution >= 4 is 9.84 Å². The first-order valence-corrected chi connectivity index (χ1v) is 8.46. The van der Waals surface area contributed by atoms with Gasteiger partial charge in [0.2, 0.25) is 0 Å². The minimum absolute atomic E-state index is 0.164. The van der Waals surface area contributed by atoms with Gasteiger partial charge in [-0.1, -0.05) is 39.5 Å². The summed E-state index contributed by atoms with van der Waals surface area (Å²) in [4.78, 5) is 0. The van der Waals surface area contributed by atoms with Crippen LogP contribution in [0.5, 0.6) is 0 Å². The summed E-state index contributed by atoms with van der Waals surface area (Å²) >= 11 is 0. The number of nitrogens with two attached hydrogens (primary N) is 1. The van der Waals surface area contributed by atoms with Crippen molar-refractivity contribution in [1.29, 1.82) is 0 Å². The van der Waals surface area contributed by atoms with E-state index in [9.17, 15) is 8.42 Å². The van der Waals surface area contributed by atoms with Gasteiger partial charge in [0, 0.05) is 6.04 Å². The maximum Gasteiger partial charge on any atom is 0.157 e. The first-order chi connectivity index (χ1) is 7.87. The monoisotopic (exact) mass is 261 g/mol. The van der Waals surface area contributed by atoms with Crippen LogP contribution in [0.2, 0.25) is 0 Å². The Bertz CT molecular complexity index is 324. The van der Waals surface area contributed by atoms with Gasteiger partial charge in [0.05, 0.1) is 10.5 Å². The van der Waals surface area contributed by atoms with Crippen LogP contribution in [0.4, 0.5) is 0 Å². The molecule has 3 unspecified atom stereocenters. The first kappa shape index (κ1) is 15.0. The van der Waals surface area contributed by atoms with Gasteiger partial charge in [-0.2, -0.15) is 0 Å². The van der Waals surface area contributed by atoms with Crippen LogP contribution in [0.1, 0.15) is 59.3 Å². The number of hydrogen-bond donors (Lipinski definition) is 1. The predicted octanol–water partition coefficient (Wildman–Crippen LogP) is 2.50. The van der Waals surface area contributed by atoms with Gasteiger partial charge in [-0.05, 0) is 25.7 Å². The average molecular weight is 261 g/mol. The van der Waals surface area contributed by atoms with Crippen molar-refractivity contribution in [1.82, 2.24) is 0 Å². The lowest BCUT2D eigenvalue weighted by Crippen LogP contribution is -2.45. The summed E-state index contributed by atoms with van der Waals surface area (Å²) in [5.41, 5.74) is 6.09. The van der Waals surface area contributed by atoms with E-state index in [1.807, 2.05) is 20.8 Å². The van der Waals surface area contributed by atoms with Crippen molar-refractivity contribution in [3.05, 3.63) is 0 Å². The molecule has 4 heteroatoms. The third kappa shape index (κ3) is 3.68. The van der Waals surface area contributed by atoms with Crippen LogP contribution in [0.25, 0.3) is 0 Å². The minimum Gasteiger partial charge on any atom is -0.327 e. The van der Waals surface area contributed by atoms with Crippen molar-refractivity contribution in [3.8, 4) is 0 Å². The molecule has 3 nitrogen and oxygen atoms in total. The maximum atomic E-state index is 12.5. The van der Waals surface area contributed by atoms with E-state index in [0.29, 0.717) is 0 Å². The van der Waals surface area contributed by atoms with Gasteiger partial charge in [-0.15, -0.1) is 0 Å². The molecule has 0 heterocycles. The molecule has 0 radical (unpaired) electrons. The summed E-state index contributed by atoms with van der Waals surface area (Å²) in [5.74, 6) is 0.164. The molecule has 0 bridgehead atoms. The van der Waals surface area contributed by atoms with Crippen molar-refractivity contribution < 1.29 is 8.42 Å². The highest BCUT2D eigenvalue weighted by atomic mass is 32.2. The Morgan fingerprint density at radius 1 is 1.00 bits per heavy atom. The summed E-state index contributed by atoms with van der Waals surface area (Å²) in [6.45, 7) is 5.76. The van der Waals surface area contributed by atoms with Gasteiger partial charge in [0.1, 0.15) is 0 Å². The van der Waals surface area contributed by atoms with E-state index in [1.165, 1.54) is 6.42 Å². The Labute approximate surface area is 106 Å². The molecule has 1 fully saturated rings. The smallest absolute Gasteiger partial charge is 0.157 e. The van der Waals surface area contributed by atoms with Gasteiger partial charge < -0.3 is 5.73 Å². The Kier molecular flexibility index (Phi) is 5.45. The summed E-state index contributed by atoms with van der Waals surface area (Å²) in [6.07, 6.45) is 6.02. The van der Waals surface area contributed by atoms with E-state index in [1.54, 1.807) is 0 Å². The van der Waals surface area contributed by atoms with E-state index in [-0.39, 0.29) is 22.5 Å². The molecule has 1 aliphatic rings. The van der Waals surface area contributed by atoms with E-state index in [4.69, 9.17) is 5.73 Å². The van der Waals surface area contributed by atoms with E-state index < -0.39 is 9.84 Å². The van der Waals surface area contributed by atoms with E-state index in [2.05, 4.69) is 0 Å². The molecule has 2 N–H and O–H groups in total. The third-order valence-electron chi connectivity index (χ3n) is 4.13. The lowest BCUT2D eigenvalue weighted by molar-refractivity contribution is 0.435. The van der Waals surface area contributed by atoms with Gasteiger partial charge >= 0.3 is 0 Å². The fourth-order valence-corrected chi connectivity index (χ4v) is 4.97. The van der Waals surface area contributed by atoms with Crippen LogP contribution < -0.4 is 5.73 Å². The second-order valence-corrected chi connectivity index (χ2v) is 8.26. The van der Waals surface area contributed by atoms with Crippen LogP contribution in [0.3, 0.4) is 0 Å². The molecule has 17 heavy (non-hydrogen) atoms. The number of hydrogen-bond acceptors (Lipinski definition) is 3. The molecular formula is C13H27NO2S. The third-order valence-corrected chi connectivity index (χ3v) is 7.14. The van der Waals surface area contributed by atoms with Crippen LogP contribution >= 0.6 is 0 Å². The van der Waals surface area contributed by atoms with Crippen LogP contribution in [0, 0.1) is 5.92 Å². The molecule has 0 aliphatic heterocycles. The second kappa shape index (κ2) is 6.19. The Hall–Kier alpha value is -0.0900. The van der Waals surface area contributed by atoms with Gasteiger partial charge in [-0.25, -0.2) is 8.42 Å². The molecule has 1 aliphatic carbocycles. The topological polar surface area (TPSA) is 60.2 Å². The van der Waals surface area contributed by atoms with Crippen molar-refractivity contribution in [2.45, 2.75) is 75.8 Å². The zero-order valence-corrected chi connectivity index (χ0v) is 12.2. The highest BCUT2D eigenvalue weighted by Gasteiger charge is 2.36. The standard InChI is InChI=1S/C13H27NO2S/c1-10(2)11(3)17(15,16)13-9-7-5-4-6-8-12(13)14/h10-13H,4-9,14H2,1-3H3. The van der Waals surface area contributed by atoms with Crippen molar-refractivity contribution in [2.24, 2.45) is 11.7 Å². The van der Waals surface area contributed by atoms with Crippen LogP contribution in [-0.2, 0) is 9.84 Å². The maximum absolute atomic E-state index is 12.5. The fraction of sp³-hybridized carbons (Fsp3) is 1.00. The van der Waals surface area contributed by atoms with Crippen LogP contribution in [-0.4, -0.2) is 25.0 Å². The molecule has 0 saturated heterocycles. The molecule has 1 saturated carbocycles. The van der Waals surface area contributed by atoms with E-state index >= 15 is 0 Å². The molecule has 0 aromatic rings. The molecule has 0 aromatic carbocycles. The molecule has 3 atom stereocenters. The highest BCUT2D eigenvalue weighted by molar-refractivity contribution is 7.92. The van der Waals surface area contributed by atoms with Gasteiger partial charge in [0.25, 0.3) is 0 Å². The Morgan fingerprint density at radius 2 is 1.53 bits per heavy atom. The first-order valence-electron chi connectivity index (χ1n) is 6.85. The fourth-order valence-electron chi connectivity index (χ4n) is 2.54. The summed E-state index contributed by atoms with van der Waals surface area (Å²) in [7, 11) is -3.08. The summed E-state index contributed by atoms with van der Waals surface area (Å²) < 4.78 is 25.0. The Morgan fingerprint density at radius 3 is 2.06 bits per heavy atom. The molecular weight excluding hydrogens is 234 g/mol. The zero-order valence-electron chi connectivity index (χ0n) is 11.4.